The van der Waals surface area contributed by atoms with Gasteiger partial charge < -0.3 is 9.47 Å². The highest BCUT2D eigenvalue weighted by Gasteiger charge is 2.28. The molecule has 0 radical (unpaired) electrons. The fourth-order valence-electron chi connectivity index (χ4n) is 1.52. The third kappa shape index (κ3) is 4.97. The molecule has 0 aliphatic carbocycles. The monoisotopic (exact) mass is 202 g/mol. The average Bonchev–Trinajstić information content (AvgIpc) is 2.22. The van der Waals surface area contributed by atoms with Crippen LogP contribution in [0, 0.1) is 0 Å². The molecule has 0 N–H and O–H groups in total. The lowest BCUT2D eigenvalue weighted by atomic mass is 10.1. The van der Waals surface area contributed by atoms with Crippen LogP contribution < -0.4 is 0 Å². The second kappa shape index (κ2) is 8.25. The van der Waals surface area contributed by atoms with Gasteiger partial charge >= 0.3 is 0 Å². The zero-order valence-corrected chi connectivity index (χ0v) is 10.3. The molecular formula is C12H26O2. The topological polar surface area (TPSA) is 18.5 Å². The molecule has 0 aromatic heterocycles. The van der Waals surface area contributed by atoms with Gasteiger partial charge in [-0.1, -0.05) is 34.1 Å². The molecule has 0 aromatic rings. The number of hydrogen-bond acceptors (Lipinski definition) is 2. The quantitative estimate of drug-likeness (QED) is 0.530. The van der Waals surface area contributed by atoms with E-state index in [9.17, 15) is 0 Å². The van der Waals surface area contributed by atoms with Crippen LogP contribution in [0.2, 0.25) is 0 Å². The van der Waals surface area contributed by atoms with Crippen LogP contribution in [-0.4, -0.2) is 19.0 Å². The van der Waals surface area contributed by atoms with E-state index < -0.39 is 0 Å². The van der Waals surface area contributed by atoms with Gasteiger partial charge in [-0.3, -0.25) is 0 Å². The van der Waals surface area contributed by atoms with E-state index in [0.29, 0.717) is 0 Å². The lowest BCUT2D eigenvalue weighted by molar-refractivity contribution is -0.243. The average molecular weight is 202 g/mol. The van der Waals surface area contributed by atoms with Gasteiger partial charge in [0.2, 0.25) is 0 Å². The van der Waals surface area contributed by atoms with Gasteiger partial charge in [0.1, 0.15) is 0 Å². The van der Waals surface area contributed by atoms with Gasteiger partial charge in [-0.2, -0.15) is 0 Å². The SMILES string of the molecule is CCCOC(CC)(CCC)OCCC. The maximum atomic E-state index is 5.85. The zero-order valence-electron chi connectivity index (χ0n) is 10.3. The fraction of sp³-hybridized carbons (Fsp3) is 1.00. The van der Waals surface area contributed by atoms with Crippen molar-refractivity contribution < 1.29 is 9.47 Å². The van der Waals surface area contributed by atoms with Crippen molar-refractivity contribution in [2.24, 2.45) is 0 Å². The Hall–Kier alpha value is -0.0800. The molecule has 0 saturated carbocycles. The minimum atomic E-state index is -0.305. The minimum Gasteiger partial charge on any atom is -0.350 e. The third-order valence-electron chi connectivity index (χ3n) is 2.31. The Balaban J connectivity index is 4.11. The maximum absolute atomic E-state index is 5.85. The maximum Gasteiger partial charge on any atom is 0.167 e. The normalized spacial score (nSPS) is 12.0. The van der Waals surface area contributed by atoms with Crippen LogP contribution in [0.1, 0.15) is 59.8 Å². The highest BCUT2D eigenvalue weighted by Crippen LogP contribution is 2.24. The van der Waals surface area contributed by atoms with E-state index >= 15 is 0 Å². The lowest BCUT2D eigenvalue weighted by Gasteiger charge is -2.32. The van der Waals surface area contributed by atoms with E-state index in [4.69, 9.17) is 9.47 Å². The molecule has 0 spiro atoms. The van der Waals surface area contributed by atoms with Crippen LogP contribution in [0.25, 0.3) is 0 Å². The molecule has 0 bridgehead atoms. The lowest BCUT2D eigenvalue weighted by Crippen LogP contribution is -2.36. The van der Waals surface area contributed by atoms with E-state index in [-0.39, 0.29) is 5.79 Å². The van der Waals surface area contributed by atoms with Crippen LogP contribution in [0.5, 0.6) is 0 Å². The van der Waals surface area contributed by atoms with Crippen LogP contribution in [-0.2, 0) is 9.47 Å². The molecule has 0 saturated heterocycles. The third-order valence-corrected chi connectivity index (χ3v) is 2.31. The zero-order chi connectivity index (χ0) is 10.9. The molecule has 2 nitrogen and oxygen atoms in total. The van der Waals surface area contributed by atoms with Gasteiger partial charge in [-0.05, 0) is 19.3 Å². The molecular weight excluding hydrogens is 176 g/mol. The predicted octanol–water partition coefficient (Wildman–Crippen LogP) is 3.75. The molecule has 0 heterocycles. The van der Waals surface area contributed by atoms with E-state index in [1.165, 1.54) is 0 Å². The van der Waals surface area contributed by atoms with Gasteiger partial charge in [-0.15, -0.1) is 0 Å². The number of hydrogen-bond donors (Lipinski definition) is 0. The van der Waals surface area contributed by atoms with Crippen LogP contribution >= 0.6 is 0 Å². The van der Waals surface area contributed by atoms with Gasteiger partial charge in [0, 0.05) is 19.6 Å². The molecule has 0 amide bonds. The van der Waals surface area contributed by atoms with Crippen molar-refractivity contribution in [2.45, 2.75) is 65.6 Å². The van der Waals surface area contributed by atoms with E-state index in [1.807, 2.05) is 0 Å². The second-order valence-electron chi connectivity index (χ2n) is 3.71. The molecule has 0 unspecified atom stereocenters. The summed E-state index contributed by atoms with van der Waals surface area (Å²) in [6.07, 6.45) is 5.17. The van der Waals surface area contributed by atoms with Crippen molar-refractivity contribution in [3.8, 4) is 0 Å². The van der Waals surface area contributed by atoms with Crippen LogP contribution in [0.4, 0.5) is 0 Å². The van der Waals surface area contributed by atoms with E-state index in [1.54, 1.807) is 0 Å². The Morgan fingerprint density at radius 2 is 1.29 bits per heavy atom. The highest BCUT2D eigenvalue weighted by atomic mass is 16.7. The van der Waals surface area contributed by atoms with Gasteiger partial charge in [-0.25, -0.2) is 0 Å². The standard InChI is InChI=1S/C12H26O2/c1-5-9-12(8-4,13-10-6-2)14-11-7-3/h5-11H2,1-4H3. The fourth-order valence-corrected chi connectivity index (χ4v) is 1.52. The first-order valence-electron chi connectivity index (χ1n) is 6.02. The molecule has 0 atom stereocenters. The molecule has 2 heteroatoms. The molecule has 0 aromatic carbocycles. The summed E-state index contributed by atoms with van der Waals surface area (Å²) in [6, 6.07) is 0. The first-order chi connectivity index (χ1) is 6.74. The van der Waals surface area contributed by atoms with Crippen molar-refractivity contribution in [1.29, 1.82) is 0 Å². The van der Waals surface area contributed by atoms with Crippen molar-refractivity contribution in [3.05, 3.63) is 0 Å². The summed E-state index contributed by atoms with van der Waals surface area (Å²) in [6.45, 7) is 10.2. The van der Waals surface area contributed by atoms with Crippen molar-refractivity contribution in [1.82, 2.24) is 0 Å². The van der Waals surface area contributed by atoms with Gasteiger partial charge in [0.15, 0.2) is 5.79 Å². The molecule has 86 valence electrons. The Bertz CT molecular complexity index is 115. The Kier molecular flexibility index (Phi) is 8.20. The van der Waals surface area contributed by atoms with Gasteiger partial charge in [0.05, 0.1) is 0 Å². The Morgan fingerprint density at radius 3 is 1.57 bits per heavy atom. The highest BCUT2D eigenvalue weighted by molar-refractivity contribution is 4.67. The van der Waals surface area contributed by atoms with Gasteiger partial charge in [0.25, 0.3) is 0 Å². The summed E-state index contributed by atoms with van der Waals surface area (Å²) in [5.74, 6) is -0.305. The Labute approximate surface area is 89.0 Å². The first kappa shape index (κ1) is 13.9. The molecule has 0 rings (SSSR count). The van der Waals surface area contributed by atoms with Crippen LogP contribution in [0.3, 0.4) is 0 Å². The summed E-state index contributed by atoms with van der Waals surface area (Å²) in [5, 5.41) is 0. The van der Waals surface area contributed by atoms with E-state index in [0.717, 1.165) is 45.3 Å². The largest absolute Gasteiger partial charge is 0.350 e. The second-order valence-corrected chi connectivity index (χ2v) is 3.71. The van der Waals surface area contributed by atoms with Crippen molar-refractivity contribution >= 4 is 0 Å². The predicted molar refractivity (Wildman–Crippen MR) is 60.4 cm³/mol. The van der Waals surface area contributed by atoms with Crippen molar-refractivity contribution in [3.63, 3.8) is 0 Å². The summed E-state index contributed by atoms with van der Waals surface area (Å²) >= 11 is 0. The van der Waals surface area contributed by atoms with Crippen molar-refractivity contribution in [2.75, 3.05) is 13.2 Å². The number of rotatable bonds is 9. The summed E-state index contributed by atoms with van der Waals surface area (Å²) < 4.78 is 11.7. The summed E-state index contributed by atoms with van der Waals surface area (Å²) in [5.41, 5.74) is 0. The minimum absolute atomic E-state index is 0.305. The van der Waals surface area contributed by atoms with Crippen LogP contribution in [0.15, 0.2) is 0 Å². The first-order valence-corrected chi connectivity index (χ1v) is 6.02. The Morgan fingerprint density at radius 1 is 0.786 bits per heavy atom. The molecule has 0 aliphatic rings. The summed E-state index contributed by atoms with van der Waals surface area (Å²) in [7, 11) is 0. The molecule has 14 heavy (non-hydrogen) atoms. The molecule has 0 fully saturated rings. The number of ether oxygens (including phenoxy) is 2. The smallest absolute Gasteiger partial charge is 0.167 e. The molecule has 0 aliphatic heterocycles. The van der Waals surface area contributed by atoms with E-state index in [2.05, 4.69) is 27.7 Å². The summed E-state index contributed by atoms with van der Waals surface area (Å²) in [4.78, 5) is 0.